The Morgan fingerprint density at radius 3 is 2.23 bits per heavy atom. The van der Waals surface area contributed by atoms with E-state index in [4.69, 9.17) is 0 Å². The summed E-state index contributed by atoms with van der Waals surface area (Å²) in [5.41, 5.74) is 0.627. The zero-order valence-electron chi connectivity index (χ0n) is 9.27. The van der Waals surface area contributed by atoms with Crippen LogP contribution >= 0.6 is 0 Å². The molecule has 76 valence electrons. The Kier molecular flexibility index (Phi) is 2.39. The molecule has 2 rings (SSSR count). The van der Waals surface area contributed by atoms with E-state index in [9.17, 15) is 0 Å². The van der Waals surface area contributed by atoms with Gasteiger partial charge in [-0.3, -0.25) is 0 Å². The van der Waals surface area contributed by atoms with Gasteiger partial charge >= 0.3 is 0 Å². The van der Waals surface area contributed by atoms with Crippen LogP contribution in [0.4, 0.5) is 0 Å². The largest absolute Gasteiger partial charge is 0.311 e. The molecule has 2 fully saturated rings. The van der Waals surface area contributed by atoms with Gasteiger partial charge in [0, 0.05) is 12.1 Å². The maximum absolute atomic E-state index is 3.80. The third-order valence-electron chi connectivity index (χ3n) is 3.76. The minimum atomic E-state index is 0.627. The molecule has 0 aliphatic heterocycles. The first-order chi connectivity index (χ1) is 6.05. The molecule has 2 atom stereocenters. The van der Waals surface area contributed by atoms with Crippen LogP contribution in [-0.2, 0) is 0 Å². The van der Waals surface area contributed by atoms with Crippen LogP contribution in [0, 0.1) is 11.3 Å². The van der Waals surface area contributed by atoms with E-state index >= 15 is 0 Å². The van der Waals surface area contributed by atoms with Crippen LogP contribution in [0.3, 0.4) is 0 Å². The molecule has 0 amide bonds. The van der Waals surface area contributed by atoms with Crippen molar-refractivity contribution >= 4 is 0 Å². The van der Waals surface area contributed by atoms with Crippen molar-refractivity contribution in [3.63, 3.8) is 0 Å². The average molecular weight is 181 g/mol. The van der Waals surface area contributed by atoms with Crippen molar-refractivity contribution < 1.29 is 0 Å². The summed E-state index contributed by atoms with van der Waals surface area (Å²) in [6.45, 7) is 7.14. The molecule has 2 aliphatic rings. The minimum absolute atomic E-state index is 0.627. The van der Waals surface area contributed by atoms with Crippen molar-refractivity contribution in [1.29, 1.82) is 0 Å². The molecule has 13 heavy (non-hydrogen) atoms. The topological polar surface area (TPSA) is 12.0 Å². The molecule has 1 heteroatoms. The molecule has 0 spiro atoms. The van der Waals surface area contributed by atoms with Crippen LogP contribution in [0.2, 0.25) is 0 Å². The van der Waals surface area contributed by atoms with Gasteiger partial charge < -0.3 is 5.32 Å². The molecule has 0 saturated heterocycles. The van der Waals surface area contributed by atoms with Gasteiger partial charge in [-0.1, -0.05) is 20.8 Å². The lowest BCUT2D eigenvalue weighted by Gasteiger charge is -2.44. The molecule has 1 nitrogen and oxygen atoms in total. The first-order valence-electron chi connectivity index (χ1n) is 5.81. The normalized spacial score (nSPS) is 39.0. The second-order valence-corrected chi connectivity index (χ2v) is 6.05. The molecule has 2 saturated carbocycles. The van der Waals surface area contributed by atoms with Gasteiger partial charge in [-0.15, -0.1) is 0 Å². The monoisotopic (exact) mass is 181 g/mol. The van der Waals surface area contributed by atoms with E-state index < -0.39 is 0 Å². The summed E-state index contributed by atoms with van der Waals surface area (Å²) >= 11 is 0. The van der Waals surface area contributed by atoms with Crippen LogP contribution < -0.4 is 5.32 Å². The summed E-state index contributed by atoms with van der Waals surface area (Å²) in [5, 5.41) is 3.80. The SMILES string of the molecule is CC1CCC(NC2CC(C)(C)C2)C1. The summed E-state index contributed by atoms with van der Waals surface area (Å²) in [4.78, 5) is 0. The molecular weight excluding hydrogens is 158 g/mol. The van der Waals surface area contributed by atoms with Gasteiger partial charge in [0.2, 0.25) is 0 Å². The summed E-state index contributed by atoms with van der Waals surface area (Å²) in [7, 11) is 0. The van der Waals surface area contributed by atoms with Gasteiger partial charge in [0.1, 0.15) is 0 Å². The summed E-state index contributed by atoms with van der Waals surface area (Å²) in [5.74, 6) is 0.964. The van der Waals surface area contributed by atoms with E-state index in [-0.39, 0.29) is 0 Å². The average Bonchev–Trinajstić information content (AvgIpc) is 2.31. The fraction of sp³-hybridized carbons (Fsp3) is 1.00. The van der Waals surface area contributed by atoms with E-state index in [1.54, 1.807) is 0 Å². The standard InChI is InChI=1S/C12H23N/c1-9-4-5-10(6-9)13-11-7-12(2,3)8-11/h9-11,13H,4-8H2,1-3H3. The quantitative estimate of drug-likeness (QED) is 0.690. The van der Waals surface area contributed by atoms with Crippen molar-refractivity contribution in [2.75, 3.05) is 0 Å². The predicted octanol–water partition coefficient (Wildman–Crippen LogP) is 2.95. The maximum atomic E-state index is 3.80. The van der Waals surface area contributed by atoms with E-state index in [0.29, 0.717) is 5.41 Å². The van der Waals surface area contributed by atoms with Crippen molar-refractivity contribution in [1.82, 2.24) is 5.32 Å². The minimum Gasteiger partial charge on any atom is -0.311 e. The first kappa shape index (κ1) is 9.51. The fourth-order valence-corrected chi connectivity index (χ4v) is 3.08. The Hall–Kier alpha value is -0.0400. The van der Waals surface area contributed by atoms with Crippen molar-refractivity contribution in [3.05, 3.63) is 0 Å². The zero-order chi connectivity index (χ0) is 9.47. The van der Waals surface area contributed by atoms with E-state index in [2.05, 4.69) is 26.1 Å². The lowest BCUT2D eigenvalue weighted by Crippen LogP contribution is -2.49. The van der Waals surface area contributed by atoms with Gasteiger partial charge in [-0.2, -0.15) is 0 Å². The Labute approximate surface area is 82.3 Å². The third kappa shape index (κ3) is 2.25. The Balaban J connectivity index is 1.69. The smallest absolute Gasteiger partial charge is 0.00798 e. The van der Waals surface area contributed by atoms with Crippen LogP contribution in [0.25, 0.3) is 0 Å². The van der Waals surface area contributed by atoms with Gasteiger partial charge in [0.15, 0.2) is 0 Å². The number of rotatable bonds is 2. The number of nitrogens with one attached hydrogen (secondary N) is 1. The second-order valence-electron chi connectivity index (χ2n) is 6.05. The summed E-state index contributed by atoms with van der Waals surface area (Å²) in [6, 6.07) is 1.68. The first-order valence-corrected chi connectivity index (χ1v) is 5.81. The highest BCUT2D eigenvalue weighted by Gasteiger charge is 2.37. The Morgan fingerprint density at radius 1 is 1.08 bits per heavy atom. The molecule has 0 bridgehead atoms. The van der Waals surface area contributed by atoms with Gasteiger partial charge in [0.05, 0.1) is 0 Å². The molecular formula is C12H23N. The lowest BCUT2D eigenvalue weighted by atomic mass is 9.68. The second kappa shape index (κ2) is 3.27. The number of hydrogen-bond acceptors (Lipinski definition) is 1. The van der Waals surface area contributed by atoms with Crippen LogP contribution in [-0.4, -0.2) is 12.1 Å². The van der Waals surface area contributed by atoms with E-state index in [1.165, 1.54) is 32.1 Å². The fourth-order valence-electron chi connectivity index (χ4n) is 3.08. The van der Waals surface area contributed by atoms with Gasteiger partial charge in [0.25, 0.3) is 0 Å². The molecule has 2 aliphatic carbocycles. The van der Waals surface area contributed by atoms with Crippen molar-refractivity contribution in [2.45, 2.75) is 65.0 Å². The highest BCUT2D eigenvalue weighted by molar-refractivity contribution is 4.94. The van der Waals surface area contributed by atoms with Gasteiger partial charge in [-0.25, -0.2) is 0 Å². The zero-order valence-corrected chi connectivity index (χ0v) is 9.27. The highest BCUT2D eigenvalue weighted by Crippen LogP contribution is 2.40. The summed E-state index contributed by atoms with van der Waals surface area (Å²) in [6.07, 6.45) is 7.04. The summed E-state index contributed by atoms with van der Waals surface area (Å²) < 4.78 is 0. The highest BCUT2D eigenvalue weighted by atomic mass is 15.0. The van der Waals surface area contributed by atoms with Gasteiger partial charge in [-0.05, 0) is 43.4 Å². The molecule has 0 radical (unpaired) electrons. The van der Waals surface area contributed by atoms with Crippen molar-refractivity contribution in [2.24, 2.45) is 11.3 Å². The molecule has 0 heterocycles. The Morgan fingerprint density at radius 2 is 1.77 bits per heavy atom. The molecule has 2 unspecified atom stereocenters. The number of hydrogen-bond donors (Lipinski definition) is 1. The predicted molar refractivity (Wildman–Crippen MR) is 56.7 cm³/mol. The van der Waals surface area contributed by atoms with Crippen LogP contribution in [0.1, 0.15) is 52.9 Å². The molecule has 0 aromatic heterocycles. The molecule has 1 N–H and O–H groups in total. The van der Waals surface area contributed by atoms with Crippen LogP contribution in [0.15, 0.2) is 0 Å². The maximum Gasteiger partial charge on any atom is 0.00798 e. The Bertz CT molecular complexity index is 178. The lowest BCUT2D eigenvalue weighted by molar-refractivity contribution is 0.116. The molecule has 0 aromatic carbocycles. The molecule has 0 aromatic rings. The van der Waals surface area contributed by atoms with E-state index in [1.807, 2.05) is 0 Å². The van der Waals surface area contributed by atoms with Crippen molar-refractivity contribution in [3.8, 4) is 0 Å². The van der Waals surface area contributed by atoms with E-state index in [0.717, 1.165) is 18.0 Å². The third-order valence-corrected chi connectivity index (χ3v) is 3.76. The van der Waals surface area contributed by atoms with Crippen LogP contribution in [0.5, 0.6) is 0 Å².